The van der Waals surface area contributed by atoms with Crippen molar-refractivity contribution in [3.8, 4) is 34.1 Å². The zero-order chi connectivity index (χ0) is 23.4. The molecule has 0 unspecified atom stereocenters. The zero-order valence-electron chi connectivity index (χ0n) is 18.0. The van der Waals surface area contributed by atoms with Crippen molar-refractivity contribution >= 4 is 5.91 Å². The van der Waals surface area contributed by atoms with Crippen molar-refractivity contribution in [1.82, 2.24) is 15.3 Å². The van der Waals surface area contributed by atoms with Gasteiger partial charge in [0.15, 0.2) is 0 Å². The van der Waals surface area contributed by atoms with Crippen LogP contribution in [-0.4, -0.2) is 30.1 Å². The van der Waals surface area contributed by atoms with E-state index in [2.05, 4.69) is 15.3 Å². The Balaban J connectivity index is 1.47. The van der Waals surface area contributed by atoms with Gasteiger partial charge in [-0.05, 0) is 35.9 Å². The molecule has 3 aromatic carbocycles. The van der Waals surface area contributed by atoms with Crippen molar-refractivity contribution in [2.45, 2.75) is 6.54 Å². The lowest BCUT2D eigenvalue weighted by molar-refractivity contribution is 0.0942. The van der Waals surface area contributed by atoms with Crippen molar-refractivity contribution in [1.29, 1.82) is 0 Å². The summed E-state index contributed by atoms with van der Waals surface area (Å²) in [7, 11) is 3.20. The molecule has 0 fully saturated rings. The highest BCUT2D eigenvalue weighted by atomic mass is 19.1. The topological polar surface area (TPSA) is 76.2 Å². The maximum absolute atomic E-state index is 13.8. The van der Waals surface area contributed by atoms with E-state index in [9.17, 15) is 13.6 Å². The number of hydrogen-bond donors (Lipinski definition) is 2. The number of imidazole rings is 1. The molecule has 0 bridgehead atoms. The van der Waals surface area contributed by atoms with Crippen molar-refractivity contribution in [3.63, 3.8) is 0 Å². The average molecular weight is 449 g/mol. The molecule has 1 amide bonds. The van der Waals surface area contributed by atoms with E-state index in [1.54, 1.807) is 20.4 Å². The summed E-state index contributed by atoms with van der Waals surface area (Å²) in [5.74, 6) is -0.572. The third-order valence-electron chi connectivity index (χ3n) is 5.14. The first-order chi connectivity index (χ1) is 16.0. The van der Waals surface area contributed by atoms with Crippen LogP contribution in [0.1, 0.15) is 15.9 Å². The fraction of sp³-hybridized carbons (Fsp3) is 0.120. The lowest BCUT2D eigenvalue weighted by atomic mass is 10.1. The first-order valence-electron chi connectivity index (χ1n) is 10.1. The fourth-order valence-electron chi connectivity index (χ4n) is 3.40. The van der Waals surface area contributed by atoms with Crippen LogP contribution in [0.25, 0.3) is 22.6 Å². The molecule has 1 aromatic heterocycles. The molecule has 0 aliphatic rings. The lowest BCUT2D eigenvalue weighted by Crippen LogP contribution is -2.25. The number of nitrogens with one attached hydrogen (secondary N) is 2. The van der Waals surface area contributed by atoms with Gasteiger partial charge in [0.2, 0.25) is 0 Å². The number of hydrogen-bond acceptors (Lipinski definition) is 4. The highest BCUT2D eigenvalue weighted by Gasteiger charge is 2.16. The van der Waals surface area contributed by atoms with Crippen LogP contribution in [0, 0.1) is 11.6 Å². The molecule has 4 rings (SSSR count). The third-order valence-corrected chi connectivity index (χ3v) is 5.14. The fourth-order valence-corrected chi connectivity index (χ4v) is 3.40. The number of benzene rings is 3. The molecule has 0 saturated heterocycles. The van der Waals surface area contributed by atoms with Crippen LogP contribution in [0.2, 0.25) is 0 Å². The van der Waals surface area contributed by atoms with Crippen molar-refractivity contribution in [3.05, 3.63) is 89.6 Å². The van der Waals surface area contributed by atoms with Crippen LogP contribution in [0.3, 0.4) is 0 Å². The monoisotopic (exact) mass is 449 g/mol. The molecule has 1 heterocycles. The van der Waals surface area contributed by atoms with Gasteiger partial charge >= 0.3 is 0 Å². The molecule has 4 aromatic rings. The second kappa shape index (κ2) is 9.52. The molecule has 8 heteroatoms. The Bertz CT molecular complexity index is 1270. The predicted molar refractivity (Wildman–Crippen MR) is 120 cm³/mol. The molecule has 0 atom stereocenters. The summed E-state index contributed by atoms with van der Waals surface area (Å²) in [6.07, 6.45) is 1.71. The molecular weight excluding hydrogens is 428 g/mol. The highest BCUT2D eigenvalue weighted by Crippen LogP contribution is 2.33. The minimum atomic E-state index is -0.899. The molecule has 2 N–H and O–H groups in total. The number of ether oxygens (including phenoxy) is 2. The van der Waals surface area contributed by atoms with Gasteiger partial charge in [-0.15, -0.1) is 0 Å². The second-order valence-electron chi connectivity index (χ2n) is 7.19. The normalized spacial score (nSPS) is 10.7. The van der Waals surface area contributed by atoms with E-state index < -0.39 is 23.1 Å². The summed E-state index contributed by atoms with van der Waals surface area (Å²) in [5.41, 5.74) is 2.59. The lowest BCUT2D eigenvalue weighted by Gasteiger charge is -2.09. The number of rotatable bonds is 7. The van der Waals surface area contributed by atoms with Gasteiger partial charge in [0.1, 0.15) is 34.5 Å². The van der Waals surface area contributed by atoms with Crippen LogP contribution < -0.4 is 14.8 Å². The quantitative estimate of drug-likeness (QED) is 0.418. The number of nitrogens with zero attached hydrogens (tertiary/aromatic N) is 1. The maximum atomic E-state index is 13.8. The summed E-state index contributed by atoms with van der Waals surface area (Å²) in [5, 5.41) is 2.54. The first-order valence-corrected chi connectivity index (χ1v) is 10.1. The smallest absolute Gasteiger partial charge is 0.257 e. The van der Waals surface area contributed by atoms with Crippen LogP contribution in [0.5, 0.6) is 11.5 Å². The number of amides is 1. The molecule has 0 saturated carbocycles. The third kappa shape index (κ3) is 4.69. The van der Waals surface area contributed by atoms with Gasteiger partial charge in [-0.3, -0.25) is 4.79 Å². The Morgan fingerprint density at radius 2 is 1.73 bits per heavy atom. The number of carbonyl (C=O) groups excluding carboxylic acids is 1. The van der Waals surface area contributed by atoms with Crippen LogP contribution >= 0.6 is 0 Å². The van der Waals surface area contributed by atoms with Crippen molar-refractivity contribution in [2.75, 3.05) is 14.2 Å². The summed E-state index contributed by atoms with van der Waals surface area (Å²) >= 11 is 0. The zero-order valence-corrected chi connectivity index (χ0v) is 18.0. The highest BCUT2D eigenvalue weighted by molar-refractivity contribution is 5.94. The van der Waals surface area contributed by atoms with E-state index >= 15 is 0 Å². The minimum absolute atomic E-state index is 0.122. The van der Waals surface area contributed by atoms with E-state index in [1.165, 1.54) is 6.07 Å². The number of carbonyl (C=O) groups is 1. The van der Waals surface area contributed by atoms with E-state index in [1.807, 2.05) is 42.5 Å². The van der Waals surface area contributed by atoms with Gasteiger partial charge in [-0.25, -0.2) is 13.8 Å². The predicted octanol–water partition coefficient (Wildman–Crippen LogP) is 4.97. The molecule has 0 radical (unpaired) electrons. The Morgan fingerprint density at radius 3 is 2.39 bits per heavy atom. The molecule has 0 spiro atoms. The van der Waals surface area contributed by atoms with E-state index in [0.717, 1.165) is 34.5 Å². The first kappa shape index (κ1) is 22.0. The standard InChI is InChI=1S/C25H21F2N3O3/c1-32-17-10-11-22(33-2)18(12-17)21-14-28-24(30-21)16-8-6-15(7-9-16)13-29-25(31)23-19(26)4-3-5-20(23)27/h3-12,14H,13H2,1-2H3,(H,28,30)(H,29,31). The molecule has 6 nitrogen and oxygen atoms in total. The van der Waals surface area contributed by atoms with Crippen LogP contribution in [-0.2, 0) is 6.54 Å². The maximum Gasteiger partial charge on any atom is 0.257 e. The van der Waals surface area contributed by atoms with Gasteiger partial charge in [0.05, 0.1) is 26.1 Å². The Kier molecular flexibility index (Phi) is 6.35. The number of aromatic nitrogens is 2. The Labute approximate surface area is 189 Å². The summed E-state index contributed by atoms with van der Waals surface area (Å²) in [4.78, 5) is 19.9. The van der Waals surface area contributed by atoms with Gasteiger partial charge < -0.3 is 19.8 Å². The van der Waals surface area contributed by atoms with Crippen molar-refractivity contribution < 1.29 is 23.0 Å². The Morgan fingerprint density at radius 1 is 1.00 bits per heavy atom. The summed E-state index contributed by atoms with van der Waals surface area (Å²) in [6, 6.07) is 16.1. The van der Waals surface area contributed by atoms with Gasteiger partial charge in [0, 0.05) is 17.7 Å². The number of halogens is 2. The van der Waals surface area contributed by atoms with E-state index in [0.29, 0.717) is 17.3 Å². The average Bonchev–Trinajstić information content (AvgIpc) is 3.32. The molecule has 168 valence electrons. The van der Waals surface area contributed by atoms with Crippen LogP contribution in [0.4, 0.5) is 8.78 Å². The number of methoxy groups -OCH3 is 2. The summed E-state index contributed by atoms with van der Waals surface area (Å²) < 4.78 is 38.2. The Hall–Kier alpha value is -4.20. The summed E-state index contributed by atoms with van der Waals surface area (Å²) in [6.45, 7) is 0.122. The van der Waals surface area contributed by atoms with E-state index in [4.69, 9.17) is 9.47 Å². The molecule has 0 aliphatic heterocycles. The van der Waals surface area contributed by atoms with Gasteiger partial charge in [-0.2, -0.15) is 0 Å². The number of aromatic amines is 1. The molecular formula is C25H21F2N3O3. The van der Waals surface area contributed by atoms with Crippen LogP contribution in [0.15, 0.2) is 66.9 Å². The largest absolute Gasteiger partial charge is 0.497 e. The second-order valence-corrected chi connectivity index (χ2v) is 7.19. The molecule has 0 aliphatic carbocycles. The number of H-pyrrole nitrogens is 1. The van der Waals surface area contributed by atoms with Gasteiger partial charge in [0.25, 0.3) is 5.91 Å². The SMILES string of the molecule is COc1ccc(OC)c(-c2cnc(-c3ccc(CNC(=O)c4c(F)cccc4F)cc3)[nH]2)c1. The minimum Gasteiger partial charge on any atom is -0.497 e. The van der Waals surface area contributed by atoms with E-state index in [-0.39, 0.29) is 6.54 Å². The van der Waals surface area contributed by atoms with Crippen molar-refractivity contribution in [2.24, 2.45) is 0 Å². The molecule has 33 heavy (non-hydrogen) atoms. The van der Waals surface area contributed by atoms with Gasteiger partial charge in [-0.1, -0.05) is 30.3 Å².